The lowest BCUT2D eigenvalue weighted by Crippen LogP contribution is -2.29. The molecule has 0 unspecified atom stereocenters. The smallest absolute Gasteiger partial charge is 0.0745 e. The van der Waals surface area contributed by atoms with Crippen molar-refractivity contribution in [3.05, 3.63) is 24.0 Å². The number of anilines is 1. The van der Waals surface area contributed by atoms with Crippen LogP contribution < -0.4 is 10.6 Å². The highest BCUT2D eigenvalue weighted by atomic mass is 32.1. The van der Waals surface area contributed by atoms with Gasteiger partial charge in [-0.3, -0.25) is 4.98 Å². The molecule has 0 radical (unpaired) electrons. The van der Waals surface area contributed by atoms with Crippen molar-refractivity contribution < 1.29 is 0 Å². The van der Waals surface area contributed by atoms with Crippen LogP contribution in [0.4, 0.5) is 5.69 Å². The number of nitrogens with two attached hydrogens (primary N) is 1. The van der Waals surface area contributed by atoms with Crippen LogP contribution in [0.25, 0.3) is 0 Å². The molecule has 0 atom stereocenters. The molecule has 2 rings (SSSR count). The van der Waals surface area contributed by atoms with E-state index in [2.05, 4.69) is 22.0 Å². The number of nitrogens with zero attached hydrogens (tertiary/aromatic N) is 2. The molecule has 0 bridgehead atoms. The van der Waals surface area contributed by atoms with Gasteiger partial charge < -0.3 is 10.6 Å². The van der Waals surface area contributed by atoms with Gasteiger partial charge in [-0.05, 0) is 31.9 Å². The Morgan fingerprint density at radius 2 is 2.38 bits per heavy atom. The van der Waals surface area contributed by atoms with Gasteiger partial charge in [0.05, 0.1) is 4.99 Å². The summed E-state index contributed by atoms with van der Waals surface area (Å²) in [5, 5.41) is 0. The Bertz CT molecular complexity index is 388. The Balaban J connectivity index is 2.09. The van der Waals surface area contributed by atoms with E-state index in [9.17, 15) is 0 Å². The van der Waals surface area contributed by atoms with Crippen LogP contribution in [0.15, 0.2) is 18.3 Å². The topological polar surface area (TPSA) is 42.1 Å². The fourth-order valence-corrected chi connectivity index (χ4v) is 1.94. The molecular formula is C12H17N3S. The minimum Gasteiger partial charge on any atom is -0.393 e. The van der Waals surface area contributed by atoms with Gasteiger partial charge in [0.15, 0.2) is 0 Å². The van der Waals surface area contributed by atoms with Crippen LogP contribution in [0.5, 0.6) is 0 Å². The third-order valence-corrected chi connectivity index (χ3v) is 3.00. The monoisotopic (exact) mass is 235 g/mol. The third kappa shape index (κ3) is 2.92. The first-order valence-corrected chi connectivity index (χ1v) is 6.05. The van der Waals surface area contributed by atoms with Crippen LogP contribution in [0.2, 0.25) is 0 Å². The van der Waals surface area contributed by atoms with E-state index in [0.717, 1.165) is 18.7 Å². The molecule has 16 heavy (non-hydrogen) atoms. The molecule has 4 heteroatoms. The summed E-state index contributed by atoms with van der Waals surface area (Å²) >= 11 is 4.94. The van der Waals surface area contributed by atoms with Gasteiger partial charge >= 0.3 is 0 Å². The van der Waals surface area contributed by atoms with Crippen molar-refractivity contribution in [3.63, 3.8) is 0 Å². The Morgan fingerprint density at radius 3 is 2.94 bits per heavy atom. The summed E-state index contributed by atoms with van der Waals surface area (Å²) in [7, 11) is 0. The zero-order valence-electron chi connectivity index (χ0n) is 9.52. The van der Waals surface area contributed by atoms with Gasteiger partial charge in [0.2, 0.25) is 0 Å². The molecule has 1 saturated carbocycles. The van der Waals surface area contributed by atoms with Crippen molar-refractivity contribution in [3.8, 4) is 0 Å². The zero-order valence-corrected chi connectivity index (χ0v) is 10.3. The molecule has 0 aromatic carbocycles. The number of hydrogen-bond donors (Lipinski definition) is 1. The largest absolute Gasteiger partial charge is 0.393 e. The highest BCUT2D eigenvalue weighted by Gasteiger charge is 2.29. The summed E-state index contributed by atoms with van der Waals surface area (Å²) in [5.41, 5.74) is 7.86. The maximum Gasteiger partial charge on any atom is 0.0745 e. The van der Waals surface area contributed by atoms with Crippen molar-refractivity contribution in [2.45, 2.75) is 32.2 Å². The quantitative estimate of drug-likeness (QED) is 0.793. The molecule has 1 aliphatic carbocycles. The van der Waals surface area contributed by atoms with Crippen LogP contribution in [0.3, 0.4) is 0 Å². The molecule has 2 N–H and O–H groups in total. The maximum absolute atomic E-state index is 5.56. The average molecular weight is 235 g/mol. The summed E-state index contributed by atoms with van der Waals surface area (Å²) in [6, 6.07) is 4.86. The Hall–Kier alpha value is -1.16. The standard InChI is InChI=1S/C12H17N3S/c1-9-8-11(4-6-14-9)15(10-2-3-10)7-5-12(13)16/h4,6,8,10H,2-3,5,7H2,1H3,(H2,13,16). The second-order valence-electron chi connectivity index (χ2n) is 4.30. The molecule has 3 nitrogen and oxygen atoms in total. The van der Waals surface area contributed by atoms with Crippen molar-refractivity contribution in [1.29, 1.82) is 0 Å². The first kappa shape index (κ1) is 11.3. The molecule has 1 fully saturated rings. The van der Waals surface area contributed by atoms with Gasteiger partial charge in [-0.25, -0.2) is 0 Å². The first-order valence-electron chi connectivity index (χ1n) is 5.64. The number of rotatable bonds is 5. The Labute approximate surface area is 102 Å². The number of aromatic nitrogens is 1. The van der Waals surface area contributed by atoms with Crippen LogP contribution >= 0.6 is 12.2 Å². The molecule has 1 aromatic heterocycles. The minimum atomic E-state index is 0.594. The summed E-state index contributed by atoms with van der Waals surface area (Å²) in [6.45, 7) is 2.94. The van der Waals surface area contributed by atoms with Gasteiger partial charge in [-0.1, -0.05) is 12.2 Å². The molecule has 1 aromatic rings. The van der Waals surface area contributed by atoms with Gasteiger partial charge in [0.1, 0.15) is 0 Å². The average Bonchev–Trinajstić information content (AvgIpc) is 3.02. The molecule has 1 heterocycles. The fourth-order valence-electron chi connectivity index (χ4n) is 1.85. The molecule has 0 saturated heterocycles. The third-order valence-electron chi connectivity index (χ3n) is 2.80. The van der Waals surface area contributed by atoms with E-state index in [1.807, 2.05) is 13.1 Å². The van der Waals surface area contributed by atoms with Crippen molar-refractivity contribution in [2.24, 2.45) is 5.73 Å². The van der Waals surface area contributed by atoms with Crippen LogP contribution in [0, 0.1) is 6.92 Å². The minimum absolute atomic E-state index is 0.594. The second-order valence-corrected chi connectivity index (χ2v) is 4.82. The number of hydrogen-bond acceptors (Lipinski definition) is 3. The predicted octanol–water partition coefficient (Wildman–Crippen LogP) is 2.04. The lowest BCUT2D eigenvalue weighted by atomic mass is 10.2. The number of aryl methyl sites for hydroxylation is 1. The van der Waals surface area contributed by atoms with E-state index < -0.39 is 0 Å². The van der Waals surface area contributed by atoms with Crippen LogP contribution in [-0.2, 0) is 0 Å². The van der Waals surface area contributed by atoms with E-state index in [4.69, 9.17) is 18.0 Å². The molecular weight excluding hydrogens is 218 g/mol. The highest BCUT2D eigenvalue weighted by Crippen LogP contribution is 2.31. The summed E-state index contributed by atoms with van der Waals surface area (Å²) in [4.78, 5) is 7.21. The lowest BCUT2D eigenvalue weighted by Gasteiger charge is -2.24. The van der Waals surface area contributed by atoms with Gasteiger partial charge in [-0.15, -0.1) is 0 Å². The van der Waals surface area contributed by atoms with Gasteiger partial charge in [0, 0.05) is 36.6 Å². The van der Waals surface area contributed by atoms with E-state index in [0.29, 0.717) is 11.0 Å². The van der Waals surface area contributed by atoms with E-state index in [-0.39, 0.29) is 0 Å². The van der Waals surface area contributed by atoms with Gasteiger partial charge in [0.25, 0.3) is 0 Å². The van der Waals surface area contributed by atoms with Crippen LogP contribution in [0.1, 0.15) is 25.0 Å². The Morgan fingerprint density at radius 1 is 1.62 bits per heavy atom. The van der Waals surface area contributed by atoms with Crippen molar-refractivity contribution >= 4 is 22.9 Å². The molecule has 0 spiro atoms. The molecule has 1 aliphatic rings. The molecule has 0 amide bonds. The lowest BCUT2D eigenvalue weighted by molar-refractivity contribution is 0.799. The van der Waals surface area contributed by atoms with E-state index >= 15 is 0 Å². The maximum atomic E-state index is 5.56. The highest BCUT2D eigenvalue weighted by molar-refractivity contribution is 7.80. The summed E-state index contributed by atoms with van der Waals surface area (Å²) in [5.74, 6) is 0. The molecule has 0 aliphatic heterocycles. The molecule has 86 valence electrons. The number of thiocarbonyl (C=S) groups is 1. The van der Waals surface area contributed by atoms with Crippen molar-refractivity contribution in [2.75, 3.05) is 11.4 Å². The summed E-state index contributed by atoms with van der Waals surface area (Å²) < 4.78 is 0. The van der Waals surface area contributed by atoms with Crippen LogP contribution in [-0.4, -0.2) is 22.6 Å². The van der Waals surface area contributed by atoms with E-state index in [1.54, 1.807) is 0 Å². The van der Waals surface area contributed by atoms with Gasteiger partial charge in [-0.2, -0.15) is 0 Å². The Kier molecular flexibility index (Phi) is 3.39. The van der Waals surface area contributed by atoms with E-state index in [1.165, 1.54) is 18.5 Å². The van der Waals surface area contributed by atoms with Crippen molar-refractivity contribution in [1.82, 2.24) is 4.98 Å². The SMILES string of the molecule is Cc1cc(N(CCC(N)=S)C2CC2)ccn1. The first-order chi connectivity index (χ1) is 7.66. The fraction of sp³-hybridized carbons (Fsp3) is 0.500. The normalized spacial score (nSPS) is 14.8. The second kappa shape index (κ2) is 4.78. The predicted molar refractivity (Wildman–Crippen MR) is 70.7 cm³/mol. The zero-order chi connectivity index (χ0) is 11.5. The summed E-state index contributed by atoms with van der Waals surface area (Å²) in [6.07, 6.45) is 5.20. The number of pyridine rings is 1.